The standard InChI is InChI=1S/C16H25ClN2/c1-16(2,3)12-5-6-15(14(17)11-12)18-13-7-9-19(4)10-8-13/h5-6,11,13,18H,7-10H2,1-4H3. The molecule has 0 unspecified atom stereocenters. The molecule has 1 fully saturated rings. The van der Waals surface area contributed by atoms with Crippen molar-refractivity contribution in [2.24, 2.45) is 0 Å². The summed E-state index contributed by atoms with van der Waals surface area (Å²) >= 11 is 6.41. The van der Waals surface area contributed by atoms with Crippen LogP contribution in [0.25, 0.3) is 0 Å². The quantitative estimate of drug-likeness (QED) is 0.876. The van der Waals surface area contributed by atoms with Crippen LogP contribution in [0.2, 0.25) is 5.02 Å². The summed E-state index contributed by atoms with van der Waals surface area (Å²) in [6, 6.07) is 6.96. The molecule has 106 valence electrons. The van der Waals surface area contributed by atoms with Gasteiger partial charge in [-0.1, -0.05) is 38.4 Å². The van der Waals surface area contributed by atoms with Crippen LogP contribution in [0.3, 0.4) is 0 Å². The molecule has 2 nitrogen and oxygen atoms in total. The molecule has 0 atom stereocenters. The normalized spacial score (nSPS) is 18.6. The maximum atomic E-state index is 6.41. The highest BCUT2D eigenvalue weighted by Crippen LogP contribution is 2.30. The van der Waals surface area contributed by atoms with Crippen LogP contribution >= 0.6 is 11.6 Å². The smallest absolute Gasteiger partial charge is 0.0640 e. The molecule has 1 aromatic carbocycles. The van der Waals surface area contributed by atoms with Gasteiger partial charge in [0.2, 0.25) is 0 Å². The first-order chi connectivity index (χ1) is 8.86. The summed E-state index contributed by atoms with van der Waals surface area (Å²) < 4.78 is 0. The van der Waals surface area contributed by atoms with E-state index in [1.807, 2.05) is 0 Å². The van der Waals surface area contributed by atoms with Crippen molar-refractivity contribution in [3.63, 3.8) is 0 Å². The molecule has 1 N–H and O–H groups in total. The maximum Gasteiger partial charge on any atom is 0.0640 e. The summed E-state index contributed by atoms with van der Waals surface area (Å²) in [5.41, 5.74) is 2.51. The zero-order valence-corrected chi connectivity index (χ0v) is 13.2. The molecule has 0 spiro atoms. The number of rotatable bonds is 2. The van der Waals surface area contributed by atoms with E-state index in [1.54, 1.807) is 0 Å². The highest BCUT2D eigenvalue weighted by Gasteiger charge is 2.19. The minimum atomic E-state index is 0.149. The fraction of sp³-hybridized carbons (Fsp3) is 0.625. The second-order valence-electron chi connectivity index (χ2n) is 6.67. The SMILES string of the molecule is CN1CCC(Nc2ccc(C(C)(C)C)cc2Cl)CC1. The molecule has 0 radical (unpaired) electrons. The first kappa shape index (κ1) is 14.7. The van der Waals surface area contributed by atoms with Crippen molar-refractivity contribution in [2.45, 2.75) is 45.1 Å². The summed E-state index contributed by atoms with van der Waals surface area (Å²) in [5.74, 6) is 0. The van der Waals surface area contributed by atoms with Gasteiger partial charge in [0.15, 0.2) is 0 Å². The van der Waals surface area contributed by atoms with Gasteiger partial charge in [0, 0.05) is 6.04 Å². The van der Waals surface area contributed by atoms with Gasteiger partial charge < -0.3 is 10.2 Å². The number of nitrogens with one attached hydrogen (secondary N) is 1. The Kier molecular flexibility index (Phi) is 4.42. The molecule has 0 amide bonds. The van der Waals surface area contributed by atoms with Crippen molar-refractivity contribution < 1.29 is 0 Å². The number of benzene rings is 1. The van der Waals surface area contributed by atoms with Crippen LogP contribution in [0, 0.1) is 0 Å². The third kappa shape index (κ3) is 3.87. The Morgan fingerprint density at radius 1 is 1.21 bits per heavy atom. The monoisotopic (exact) mass is 280 g/mol. The van der Waals surface area contributed by atoms with Crippen molar-refractivity contribution in [1.29, 1.82) is 0 Å². The lowest BCUT2D eigenvalue weighted by molar-refractivity contribution is 0.264. The molecule has 2 rings (SSSR count). The number of anilines is 1. The highest BCUT2D eigenvalue weighted by molar-refractivity contribution is 6.33. The van der Waals surface area contributed by atoms with Gasteiger partial charge in [0.05, 0.1) is 10.7 Å². The molecule has 0 bridgehead atoms. The molecular formula is C16H25ClN2. The summed E-state index contributed by atoms with van der Waals surface area (Å²) in [5, 5.41) is 4.43. The van der Waals surface area contributed by atoms with Crippen molar-refractivity contribution in [1.82, 2.24) is 4.90 Å². The number of likely N-dealkylation sites (tertiary alicyclic amines) is 1. The van der Waals surface area contributed by atoms with E-state index >= 15 is 0 Å². The van der Waals surface area contributed by atoms with Crippen LogP contribution in [0.15, 0.2) is 18.2 Å². The van der Waals surface area contributed by atoms with Crippen molar-refractivity contribution >= 4 is 17.3 Å². The summed E-state index contributed by atoms with van der Waals surface area (Å²) in [6.07, 6.45) is 2.38. The Morgan fingerprint density at radius 2 is 1.84 bits per heavy atom. The Hall–Kier alpha value is -0.730. The zero-order valence-electron chi connectivity index (χ0n) is 12.5. The molecular weight excluding hydrogens is 256 g/mol. The summed E-state index contributed by atoms with van der Waals surface area (Å²) in [7, 11) is 2.18. The van der Waals surface area contributed by atoms with Gasteiger partial charge >= 0.3 is 0 Å². The van der Waals surface area contributed by atoms with Gasteiger partial charge in [-0.05, 0) is 56.1 Å². The minimum Gasteiger partial charge on any atom is -0.381 e. The van der Waals surface area contributed by atoms with Crippen LogP contribution in [-0.4, -0.2) is 31.1 Å². The van der Waals surface area contributed by atoms with Gasteiger partial charge in [-0.2, -0.15) is 0 Å². The predicted octanol–water partition coefficient (Wildman–Crippen LogP) is 4.14. The van der Waals surface area contributed by atoms with Crippen LogP contribution in [0.1, 0.15) is 39.2 Å². The largest absolute Gasteiger partial charge is 0.381 e. The van der Waals surface area contributed by atoms with Crippen LogP contribution in [-0.2, 0) is 5.41 Å². The van der Waals surface area contributed by atoms with Gasteiger partial charge in [0.25, 0.3) is 0 Å². The Balaban J connectivity index is 2.05. The third-order valence-corrected chi connectivity index (χ3v) is 4.23. The molecule has 3 heteroatoms. The van der Waals surface area contributed by atoms with E-state index in [9.17, 15) is 0 Å². The summed E-state index contributed by atoms with van der Waals surface area (Å²) in [6.45, 7) is 8.96. The van der Waals surface area contributed by atoms with Crippen molar-refractivity contribution in [3.8, 4) is 0 Å². The van der Waals surface area contributed by atoms with E-state index in [1.165, 1.54) is 18.4 Å². The number of piperidine rings is 1. The van der Waals surface area contributed by atoms with Gasteiger partial charge in [-0.15, -0.1) is 0 Å². The average Bonchev–Trinajstić information content (AvgIpc) is 2.33. The van der Waals surface area contributed by atoms with Gasteiger partial charge in [0.1, 0.15) is 0 Å². The van der Waals surface area contributed by atoms with Gasteiger partial charge in [-0.25, -0.2) is 0 Å². The fourth-order valence-corrected chi connectivity index (χ4v) is 2.71. The van der Waals surface area contributed by atoms with Crippen molar-refractivity contribution in [3.05, 3.63) is 28.8 Å². The molecule has 0 aliphatic carbocycles. The molecule has 19 heavy (non-hydrogen) atoms. The predicted molar refractivity (Wildman–Crippen MR) is 84.3 cm³/mol. The molecule has 1 aromatic rings. The number of halogens is 1. The second-order valence-corrected chi connectivity index (χ2v) is 7.07. The first-order valence-electron chi connectivity index (χ1n) is 7.11. The lowest BCUT2D eigenvalue weighted by Gasteiger charge is -2.30. The Morgan fingerprint density at radius 3 is 2.37 bits per heavy atom. The number of hydrogen-bond donors (Lipinski definition) is 1. The molecule has 1 heterocycles. The van der Waals surface area contributed by atoms with Gasteiger partial charge in [-0.3, -0.25) is 0 Å². The lowest BCUT2D eigenvalue weighted by atomic mass is 9.87. The number of hydrogen-bond acceptors (Lipinski definition) is 2. The van der Waals surface area contributed by atoms with Crippen LogP contribution in [0.5, 0.6) is 0 Å². The van der Waals surface area contributed by atoms with E-state index in [4.69, 9.17) is 11.6 Å². The van der Waals surface area contributed by atoms with Crippen LogP contribution < -0.4 is 5.32 Å². The molecule has 1 aliphatic rings. The highest BCUT2D eigenvalue weighted by atomic mass is 35.5. The van der Waals surface area contributed by atoms with E-state index in [0.717, 1.165) is 23.8 Å². The molecule has 0 saturated carbocycles. The maximum absolute atomic E-state index is 6.41. The second kappa shape index (κ2) is 5.72. The first-order valence-corrected chi connectivity index (χ1v) is 7.49. The topological polar surface area (TPSA) is 15.3 Å². The lowest BCUT2D eigenvalue weighted by Crippen LogP contribution is -2.36. The fourth-order valence-electron chi connectivity index (χ4n) is 2.47. The van der Waals surface area contributed by atoms with Crippen LogP contribution in [0.4, 0.5) is 5.69 Å². The van der Waals surface area contributed by atoms with E-state index in [2.05, 4.69) is 56.2 Å². The van der Waals surface area contributed by atoms with E-state index < -0.39 is 0 Å². The zero-order chi connectivity index (χ0) is 14.0. The average molecular weight is 281 g/mol. The third-order valence-electron chi connectivity index (χ3n) is 3.91. The van der Waals surface area contributed by atoms with E-state index in [-0.39, 0.29) is 5.41 Å². The Bertz CT molecular complexity index is 429. The number of nitrogens with zero attached hydrogens (tertiary/aromatic N) is 1. The Labute approximate surface area is 122 Å². The summed E-state index contributed by atoms with van der Waals surface area (Å²) in [4.78, 5) is 2.38. The van der Waals surface area contributed by atoms with Crippen molar-refractivity contribution in [2.75, 3.05) is 25.5 Å². The molecule has 1 saturated heterocycles. The molecule has 1 aliphatic heterocycles. The minimum absolute atomic E-state index is 0.149. The molecule has 0 aromatic heterocycles. The van der Waals surface area contributed by atoms with E-state index in [0.29, 0.717) is 6.04 Å².